The first-order valence-electron chi connectivity index (χ1n) is 8.67. The summed E-state index contributed by atoms with van der Waals surface area (Å²) in [7, 11) is 0. The van der Waals surface area contributed by atoms with Crippen molar-refractivity contribution in [1.82, 2.24) is 9.55 Å². The molecule has 26 heavy (non-hydrogen) atoms. The van der Waals surface area contributed by atoms with E-state index in [9.17, 15) is 14.4 Å². The van der Waals surface area contributed by atoms with Gasteiger partial charge < -0.3 is 14.0 Å². The van der Waals surface area contributed by atoms with Crippen LogP contribution in [0.25, 0.3) is 0 Å². The second-order valence-electron chi connectivity index (χ2n) is 6.39. The van der Waals surface area contributed by atoms with Crippen LogP contribution < -0.4 is 5.56 Å². The van der Waals surface area contributed by atoms with Crippen molar-refractivity contribution in [2.75, 3.05) is 6.61 Å². The van der Waals surface area contributed by atoms with Crippen LogP contribution in [-0.4, -0.2) is 28.1 Å². The number of aromatic nitrogens is 2. The molecule has 0 radical (unpaired) electrons. The topological polar surface area (TPSA) is 87.5 Å². The molecule has 0 N–H and O–H groups in total. The second kappa shape index (κ2) is 6.40. The summed E-state index contributed by atoms with van der Waals surface area (Å²) in [6, 6.07) is 4.95. The Morgan fingerprint density at radius 3 is 2.85 bits per heavy atom. The minimum atomic E-state index is -0.713. The Hall–Kier alpha value is -2.96. The molecule has 7 nitrogen and oxygen atoms in total. The maximum absolute atomic E-state index is 12.8. The molecule has 2 unspecified atom stereocenters. The average Bonchev–Trinajstić information content (AvgIpc) is 2.66. The molecule has 0 aromatic carbocycles. The van der Waals surface area contributed by atoms with E-state index in [1.807, 2.05) is 12.1 Å². The van der Waals surface area contributed by atoms with Crippen LogP contribution in [-0.2, 0) is 16.0 Å². The van der Waals surface area contributed by atoms with Gasteiger partial charge in [-0.25, -0.2) is 9.59 Å². The number of esters is 2. The molecule has 0 aliphatic carbocycles. The zero-order valence-corrected chi connectivity index (χ0v) is 14.3. The van der Waals surface area contributed by atoms with E-state index in [1.165, 1.54) is 6.07 Å². The maximum atomic E-state index is 12.8. The third kappa shape index (κ3) is 2.51. The Labute approximate surface area is 149 Å². The van der Waals surface area contributed by atoms with Crippen molar-refractivity contribution < 1.29 is 19.1 Å². The third-order valence-corrected chi connectivity index (χ3v) is 4.93. The third-order valence-electron chi connectivity index (χ3n) is 4.93. The Bertz CT molecular complexity index is 935. The van der Waals surface area contributed by atoms with Crippen LogP contribution in [0.1, 0.15) is 63.8 Å². The monoisotopic (exact) mass is 354 g/mol. The summed E-state index contributed by atoms with van der Waals surface area (Å²) in [6.07, 6.45) is 4.41. The Balaban J connectivity index is 1.88. The summed E-state index contributed by atoms with van der Waals surface area (Å²) in [5, 5.41) is 0. The van der Waals surface area contributed by atoms with Crippen LogP contribution in [0.3, 0.4) is 0 Å². The summed E-state index contributed by atoms with van der Waals surface area (Å²) in [4.78, 5) is 41.6. The van der Waals surface area contributed by atoms with E-state index in [1.54, 1.807) is 23.9 Å². The molecule has 0 bridgehead atoms. The second-order valence-corrected chi connectivity index (χ2v) is 6.39. The van der Waals surface area contributed by atoms with Gasteiger partial charge in [-0.05, 0) is 43.5 Å². The molecule has 7 heteroatoms. The van der Waals surface area contributed by atoms with E-state index in [-0.39, 0.29) is 23.7 Å². The van der Waals surface area contributed by atoms with Crippen molar-refractivity contribution in [3.8, 4) is 0 Å². The predicted molar refractivity (Wildman–Crippen MR) is 91.0 cm³/mol. The predicted octanol–water partition coefficient (Wildman–Crippen LogP) is 2.21. The van der Waals surface area contributed by atoms with Crippen LogP contribution >= 0.6 is 0 Å². The number of carbonyl (C=O) groups excluding carboxylic acids is 2. The number of pyridine rings is 2. The number of ether oxygens (including phenoxy) is 2. The summed E-state index contributed by atoms with van der Waals surface area (Å²) < 4.78 is 12.2. The molecule has 0 saturated heterocycles. The Kier molecular flexibility index (Phi) is 4.06. The molecule has 0 spiro atoms. The van der Waals surface area contributed by atoms with Gasteiger partial charge in [-0.1, -0.05) is 0 Å². The SMILES string of the molecule is CCOC(=O)c1cc2c3n(c1=O)CCCC3C(c1ccncc1)OC2=O. The van der Waals surface area contributed by atoms with E-state index >= 15 is 0 Å². The number of cyclic esters (lactones) is 1. The molecule has 4 rings (SSSR count). The molecule has 134 valence electrons. The lowest BCUT2D eigenvalue weighted by Crippen LogP contribution is -2.40. The van der Waals surface area contributed by atoms with Gasteiger partial charge in [-0.2, -0.15) is 0 Å². The van der Waals surface area contributed by atoms with Gasteiger partial charge in [0, 0.05) is 30.6 Å². The van der Waals surface area contributed by atoms with Crippen molar-refractivity contribution >= 4 is 11.9 Å². The fraction of sp³-hybridized carbons (Fsp3) is 0.368. The highest BCUT2D eigenvalue weighted by Crippen LogP contribution is 2.44. The minimum Gasteiger partial charge on any atom is -0.462 e. The summed E-state index contributed by atoms with van der Waals surface area (Å²) in [5.41, 5.74) is 1.26. The van der Waals surface area contributed by atoms with Gasteiger partial charge in [0.15, 0.2) is 0 Å². The van der Waals surface area contributed by atoms with E-state index in [0.717, 1.165) is 18.4 Å². The van der Waals surface area contributed by atoms with Gasteiger partial charge in [0.1, 0.15) is 11.7 Å². The van der Waals surface area contributed by atoms with Gasteiger partial charge in [-0.15, -0.1) is 0 Å². The van der Waals surface area contributed by atoms with E-state index in [0.29, 0.717) is 12.2 Å². The van der Waals surface area contributed by atoms with Gasteiger partial charge in [-0.3, -0.25) is 9.78 Å². The fourth-order valence-corrected chi connectivity index (χ4v) is 3.84. The van der Waals surface area contributed by atoms with E-state index < -0.39 is 23.6 Å². The van der Waals surface area contributed by atoms with Crippen LogP contribution in [0.15, 0.2) is 35.4 Å². The molecular formula is C19H18N2O5. The molecular weight excluding hydrogens is 336 g/mol. The highest BCUT2D eigenvalue weighted by atomic mass is 16.5. The molecule has 0 saturated carbocycles. The quantitative estimate of drug-likeness (QED) is 0.786. The van der Waals surface area contributed by atoms with Crippen LogP contribution in [0.4, 0.5) is 0 Å². The zero-order chi connectivity index (χ0) is 18.3. The number of hydrogen-bond donors (Lipinski definition) is 0. The number of rotatable bonds is 3. The standard InChI is InChI=1S/C19H18N2O5/c1-2-25-18(23)14-10-13-15-12(4-3-9-21(15)17(14)22)16(26-19(13)24)11-5-7-20-8-6-11/h5-8,10,12,16H,2-4,9H2,1H3. The van der Waals surface area contributed by atoms with Crippen molar-refractivity contribution in [2.45, 2.75) is 38.3 Å². The molecule has 2 atom stereocenters. The number of carbonyl (C=O) groups is 2. The first kappa shape index (κ1) is 16.5. The van der Waals surface area contributed by atoms with Crippen molar-refractivity contribution in [2.24, 2.45) is 0 Å². The molecule has 2 aromatic rings. The molecule has 2 aliphatic heterocycles. The molecule has 0 fully saturated rings. The molecule has 2 aromatic heterocycles. The highest BCUT2D eigenvalue weighted by molar-refractivity contribution is 5.96. The lowest BCUT2D eigenvalue weighted by atomic mass is 9.82. The molecule has 2 aliphatic rings. The Morgan fingerprint density at radius 2 is 2.12 bits per heavy atom. The lowest BCUT2D eigenvalue weighted by Gasteiger charge is -2.37. The maximum Gasteiger partial charge on any atom is 0.343 e. The lowest BCUT2D eigenvalue weighted by molar-refractivity contribution is 0.0118. The van der Waals surface area contributed by atoms with Crippen molar-refractivity contribution in [3.05, 3.63) is 63.3 Å². The summed E-state index contributed by atoms with van der Waals surface area (Å²) in [6.45, 7) is 2.30. The van der Waals surface area contributed by atoms with Crippen LogP contribution in [0.2, 0.25) is 0 Å². The first-order valence-corrected chi connectivity index (χ1v) is 8.67. The van der Waals surface area contributed by atoms with E-state index in [2.05, 4.69) is 4.98 Å². The molecule has 0 amide bonds. The smallest absolute Gasteiger partial charge is 0.343 e. The highest BCUT2D eigenvalue weighted by Gasteiger charge is 2.41. The van der Waals surface area contributed by atoms with Gasteiger partial charge >= 0.3 is 11.9 Å². The van der Waals surface area contributed by atoms with E-state index in [4.69, 9.17) is 9.47 Å². The first-order chi connectivity index (χ1) is 12.6. The molecule has 4 heterocycles. The average molecular weight is 354 g/mol. The van der Waals surface area contributed by atoms with Crippen molar-refractivity contribution in [3.63, 3.8) is 0 Å². The van der Waals surface area contributed by atoms with Crippen molar-refractivity contribution in [1.29, 1.82) is 0 Å². The fourth-order valence-electron chi connectivity index (χ4n) is 3.84. The summed E-state index contributed by atoms with van der Waals surface area (Å²) in [5.74, 6) is -1.36. The van der Waals surface area contributed by atoms with Gasteiger partial charge in [0.25, 0.3) is 5.56 Å². The zero-order valence-electron chi connectivity index (χ0n) is 14.3. The number of nitrogens with zero attached hydrogens (tertiary/aromatic N) is 2. The van der Waals surface area contributed by atoms with Gasteiger partial charge in [0.05, 0.1) is 12.2 Å². The summed E-state index contributed by atoms with van der Waals surface area (Å²) >= 11 is 0. The Morgan fingerprint density at radius 1 is 1.35 bits per heavy atom. The largest absolute Gasteiger partial charge is 0.462 e. The normalized spacial score (nSPS) is 20.9. The van der Waals surface area contributed by atoms with Crippen LogP contribution in [0, 0.1) is 0 Å². The minimum absolute atomic E-state index is 0.120. The van der Waals surface area contributed by atoms with Gasteiger partial charge in [0.2, 0.25) is 0 Å². The van der Waals surface area contributed by atoms with Crippen LogP contribution in [0.5, 0.6) is 0 Å². The number of hydrogen-bond acceptors (Lipinski definition) is 6.